The Bertz CT molecular complexity index is 860. The van der Waals surface area contributed by atoms with E-state index in [2.05, 4.69) is 20.5 Å². The quantitative estimate of drug-likeness (QED) is 0.774. The molecule has 144 valence electrons. The van der Waals surface area contributed by atoms with Crippen LogP contribution >= 0.6 is 0 Å². The minimum absolute atomic E-state index is 0.165. The maximum absolute atomic E-state index is 12.6. The van der Waals surface area contributed by atoms with E-state index in [4.69, 9.17) is 13.9 Å². The van der Waals surface area contributed by atoms with Crippen LogP contribution in [0.1, 0.15) is 38.0 Å². The van der Waals surface area contributed by atoms with E-state index in [1.54, 1.807) is 18.9 Å². The van der Waals surface area contributed by atoms with Crippen LogP contribution in [-0.2, 0) is 22.4 Å². The predicted molar refractivity (Wildman–Crippen MR) is 91.1 cm³/mol. The number of carbonyl (C=O) groups excluding carboxylic acids is 2. The lowest BCUT2D eigenvalue weighted by molar-refractivity contribution is 0.0683. The summed E-state index contributed by atoms with van der Waals surface area (Å²) in [6.45, 7) is 3.40. The van der Waals surface area contributed by atoms with Gasteiger partial charge in [0.05, 0.1) is 37.2 Å². The molecule has 4 rings (SSSR count). The minimum Gasteiger partial charge on any atom is -0.438 e. The first-order valence-corrected chi connectivity index (χ1v) is 8.75. The highest BCUT2D eigenvalue weighted by Crippen LogP contribution is 2.23. The molecule has 0 bridgehead atoms. The first-order valence-electron chi connectivity index (χ1n) is 8.75. The average Bonchev–Trinajstić information content (AvgIpc) is 3.39. The van der Waals surface area contributed by atoms with Crippen molar-refractivity contribution in [2.45, 2.75) is 32.0 Å². The highest BCUT2D eigenvalue weighted by atomic mass is 16.5. The lowest BCUT2D eigenvalue weighted by atomic mass is 10.0. The number of nitrogens with one attached hydrogen (secondary N) is 2. The van der Waals surface area contributed by atoms with E-state index in [1.807, 2.05) is 0 Å². The molecular formula is C17H21N5O5. The first-order chi connectivity index (χ1) is 13.1. The molecule has 2 atom stereocenters. The number of H-pyrrole nitrogens is 1. The molecule has 10 nitrogen and oxygen atoms in total. The van der Waals surface area contributed by atoms with Crippen molar-refractivity contribution in [2.24, 2.45) is 0 Å². The van der Waals surface area contributed by atoms with Crippen LogP contribution in [0.25, 0.3) is 0 Å². The molecule has 4 heterocycles. The van der Waals surface area contributed by atoms with E-state index >= 15 is 0 Å². The normalized spacial score (nSPS) is 21.9. The van der Waals surface area contributed by atoms with Crippen LogP contribution < -0.4 is 5.32 Å². The fourth-order valence-corrected chi connectivity index (χ4v) is 3.47. The minimum atomic E-state index is -0.268. The van der Waals surface area contributed by atoms with Gasteiger partial charge >= 0.3 is 0 Å². The van der Waals surface area contributed by atoms with Crippen LogP contribution in [-0.4, -0.2) is 70.9 Å². The summed E-state index contributed by atoms with van der Waals surface area (Å²) in [6, 6.07) is -0.203. The molecule has 2 amide bonds. The van der Waals surface area contributed by atoms with E-state index < -0.39 is 0 Å². The zero-order chi connectivity index (χ0) is 19.0. The smallest absolute Gasteiger partial charge is 0.291 e. The topological polar surface area (TPSA) is 123 Å². The maximum atomic E-state index is 12.6. The fraction of sp³-hybridized carbons (Fsp3) is 0.529. The number of aromatic amines is 1. The van der Waals surface area contributed by atoms with Gasteiger partial charge in [0.1, 0.15) is 6.10 Å². The number of amides is 2. The van der Waals surface area contributed by atoms with E-state index in [9.17, 15) is 9.59 Å². The Labute approximate surface area is 155 Å². The number of aryl methyl sites for hydroxylation is 1. The van der Waals surface area contributed by atoms with Crippen LogP contribution in [0.15, 0.2) is 10.8 Å². The van der Waals surface area contributed by atoms with Crippen molar-refractivity contribution in [3.63, 3.8) is 0 Å². The molecule has 2 aromatic rings. The number of hydrogen-bond donors (Lipinski definition) is 2. The summed E-state index contributed by atoms with van der Waals surface area (Å²) in [6.07, 6.45) is 1.63. The molecule has 0 saturated carbocycles. The summed E-state index contributed by atoms with van der Waals surface area (Å²) in [7, 11) is 1.59. The van der Waals surface area contributed by atoms with E-state index in [0.717, 1.165) is 11.3 Å². The van der Waals surface area contributed by atoms with Gasteiger partial charge in [-0.25, -0.2) is 4.98 Å². The van der Waals surface area contributed by atoms with Gasteiger partial charge in [0.15, 0.2) is 12.1 Å². The average molecular weight is 375 g/mol. The highest BCUT2D eigenvalue weighted by Gasteiger charge is 2.33. The number of fused-ring (bicyclic) bond motifs is 1. The second-order valence-corrected chi connectivity index (χ2v) is 6.66. The van der Waals surface area contributed by atoms with E-state index in [-0.39, 0.29) is 29.7 Å². The molecule has 0 unspecified atom stereocenters. The predicted octanol–water partition coefficient (Wildman–Crippen LogP) is 0.0482. The van der Waals surface area contributed by atoms with Crippen molar-refractivity contribution in [1.82, 2.24) is 25.4 Å². The Morgan fingerprint density at radius 1 is 1.41 bits per heavy atom. The van der Waals surface area contributed by atoms with Gasteiger partial charge in [-0.15, -0.1) is 0 Å². The molecular weight excluding hydrogens is 354 g/mol. The molecule has 1 fully saturated rings. The van der Waals surface area contributed by atoms with Crippen molar-refractivity contribution in [3.8, 4) is 0 Å². The second-order valence-electron chi connectivity index (χ2n) is 6.66. The zero-order valence-corrected chi connectivity index (χ0v) is 15.2. The summed E-state index contributed by atoms with van der Waals surface area (Å²) in [5.74, 6) is -0.249. The number of nitrogens with zero attached hydrogens (tertiary/aromatic N) is 3. The molecule has 0 aliphatic carbocycles. The van der Waals surface area contributed by atoms with Gasteiger partial charge in [0.2, 0.25) is 5.76 Å². The summed E-state index contributed by atoms with van der Waals surface area (Å²) in [5.41, 5.74) is 2.50. The van der Waals surface area contributed by atoms with Crippen LogP contribution in [0.5, 0.6) is 0 Å². The van der Waals surface area contributed by atoms with Crippen molar-refractivity contribution in [3.05, 3.63) is 34.8 Å². The third-order valence-corrected chi connectivity index (χ3v) is 5.02. The lowest BCUT2D eigenvalue weighted by Crippen LogP contribution is -2.44. The van der Waals surface area contributed by atoms with Gasteiger partial charge in [-0.05, 0) is 13.3 Å². The highest BCUT2D eigenvalue weighted by molar-refractivity contribution is 5.95. The summed E-state index contributed by atoms with van der Waals surface area (Å²) in [4.78, 5) is 30.8. The van der Waals surface area contributed by atoms with Crippen LogP contribution in [0.2, 0.25) is 0 Å². The van der Waals surface area contributed by atoms with Gasteiger partial charge in [0.25, 0.3) is 11.8 Å². The summed E-state index contributed by atoms with van der Waals surface area (Å²) < 4.78 is 15.9. The summed E-state index contributed by atoms with van der Waals surface area (Å²) >= 11 is 0. The molecule has 0 spiro atoms. The fourth-order valence-electron chi connectivity index (χ4n) is 3.47. The third kappa shape index (κ3) is 3.21. The molecule has 1 saturated heterocycles. The Morgan fingerprint density at radius 2 is 2.26 bits per heavy atom. The first kappa shape index (κ1) is 17.7. The molecule has 2 aromatic heterocycles. The monoisotopic (exact) mass is 375 g/mol. The maximum Gasteiger partial charge on any atom is 0.291 e. The van der Waals surface area contributed by atoms with Gasteiger partial charge < -0.3 is 24.1 Å². The Kier molecular flexibility index (Phi) is 4.66. The number of oxazole rings is 1. The number of hydrogen-bond acceptors (Lipinski definition) is 7. The van der Waals surface area contributed by atoms with Crippen molar-refractivity contribution in [2.75, 3.05) is 26.9 Å². The molecule has 10 heteroatoms. The molecule has 2 aliphatic rings. The van der Waals surface area contributed by atoms with Gasteiger partial charge in [-0.1, -0.05) is 0 Å². The molecule has 0 aromatic carbocycles. The van der Waals surface area contributed by atoms with Crippen molar-refractivity contribution < 1.29 is 23.5 Å². The number of aromatic nitrogens is 3. The SMILES string of the molecule is CO[C@H]1COC[C@@H]1NC(=O)c1n[nH]c2c1CCN(C(=O)c1ocnc1C)C2. The molecule has 2 aliphatic heterocycles. The summed E-state index contributed by atoms with van der Waals surface area (Å²) in [5, 5.41) is 9.98. The third-order valence-electron chi connectivity index (χ3n) is 5.02. The lowest BCUT2D eigenvalue weighted by Gasteiger charge is -2.26. The van der Waals surface area contributed by atoms with E-state index in [1.165, 1.54) is 6.39 Å². The van der Waals surface area contributed by atoms with Gasteiger partial charge in [0, 0.05) is 19.2 Å². The van der Waals surface area contributed by atoms with Gasteiger partial charge in [-0.3, -0.25) is 14.7 Å². The Hall–Kier alpha value is -2.72. The second kappa shape index (κ2) is 7.12. The Morgan fingerprint density at radius 3 is 3.00 bits per heavy atom. The van der Waals surface area contributed by atoms with Crippen LogP contribution in [0, 0.1) is 6.92 Å². The Balaban J connectivity index is 1.46. The van der Waals surface area contributed by atoms with Crippen molar-refractivity contribution in [1.29, 1.82) is 0 Å². The van der Waals surface area contributed by atoms with E-state index in [0.29, 0.717) is 44.1 Å². The molecule has 2 N–H and O–H groups in total. The van der Waals surface area contributed by atoms with Gasteiger partial charge in [-0.2, -0.15) is 5.10 Å². The zero-order valence-electron chi connectivity index (χ0n) is 15.2. The molecule has 0 radical (unpaired) electrons. The largest absolute Gasteiger partial charge is 0.438 e. The number of carbonyl (C=O) groups is 2. The van der Waals surface area contributed by atoms with Crippen LogP contribution in [0.4, 0.5) is 0 Å². The van der Waals surface area contributed by atoms with Crippen molar-refractivity contribution >= 4 is 11.8 Å². The molecule has 27 heavy (non-hydrogen) atoms. The standard InChI is InChI=1S/C17H21N5O5/c1-9-15(27-8-18-9)17(24)22-4-3-10-11(5-22)20-21-14(10)16(23)19-12-6-26-7-13(12)25-2/h8,12-13H,3-7H2,1-2H3,(H,19,23)(H,20,21)/t12-,13-/m0/s1. The number of methoxy groups -OCH3 is 1. The van der Waals surface area contributed by atoms with Crippen LogP contribution in [0.3, 0.4) is 0 Å². The number of rotatable bonds is 4. The number of ether oxygens (including phenoxy) is 2.